The van der Waals surface area contributed by atoms with Gasteiger partial charge in [0.1, 0.15) is 17.1 Å². The van der Waals surface area contributed by atoms with Crippen LogP contribution in [0.5, 0.6) is 5.75 Å². The second kappa shape index (κ2) is 6.52. The smallest absolute Gasteiger partial charge is 0.325 e. The summed E-state index contributed by atoms with van der Waals surface area (Å²) in [5, 5.41) is 2.92. The van der Waals surface area contributed by atoms with Crippen LogP contribution in [0.25, 0.3) is 0 Å². The number of esters is 1. The van der Waals surface area contributed by atoms with Gasteiger partial charge in [-0.3, -0.25) is 4.79 Å². The van der Waals surface area contributed by atoms with Crippen molar-refractivity contribution < 1.29 is 18.7 Å². The fourth-order valence-corrected chi connectivity index (χ4v) is 1.69. The number of carbonyl (C=O) groups excluding carboxylic acids is 1. The predicted molar refractivity (Wildman–Crippen MR) is 70.7 cm³/mol. The Morgan fingerprint density at radius 2 is 2.16 bits per heavy atom. The fraction of sp³-hybridized carbons (Fsp3) is 0.500. The monoisotopic (exact) mass is 269 g/mol. The van der Waals surface area contributed by atoms with Crippen LogP contribution in [0, 0.1) is 12.7 Å². The summed E-state index contributed by atoms with van der Waals surface area (Å²) in [5.74, 6) is -0.0152. The van der Waals surface area contributed by atoms with Gasteiger partial charge in [0.2, 0.25) is 0 Å². The summed E-state index contributed by atoms with van der Waals surface area (Å²) in [6.07, 6.45) is 0.451. The van der Waals surface area contributed by atoms with E-state index in [9.17, 15) is 9.18 Å². The summed E-state index contributed by atoms with van der Waals surface area (Å²) in [6, 6.07) is 4.34. The minimum absolute atomic E-state index is 0.292. The molecule has 4 nitrogen and oxygen atoms in total. The number of halogens is 1. The predicted octanol–water partition coefficient (Wildman–Crippen LogP) is 2.05. The van der Waals surface area contributed by atoms with Crippen molar-refractivity contribution in [1.29, 1.82) is 0 Å². The van der Waals surface area contributed by atoms with Crippen LogP contribution in [-0.2, 0) is 9.53 Å². The lowest BCUT2D eigenvalue weighted by Crippen LogP contribution is -2.49. The molecule has 1 atom stereocenters. The van der Waals surface area contributed by atoms with E-state index >= 15 is 0 Å². The van der Waals surface area contributed by atoms with E-state index in [2.05, 4.69) is 5.32 Å². The zero-order valence-corrected chi connectivity index (χ0v) is 11.7. The summed E-state index contributed by atoms with van der Waals surface area (Å²) in [4.78, 5) is 11.6. The van der Waals surface area contributed by atoms with Crippen molar-refractivity contribution in [3.8, 4) is 5.75 Å². The Morgan fingerprint density at radius 1 is 1.47 bits per heavy atom. The Morgan fingerprint density at radius 3 is 2.68 bits per heavy atom. The van der Waals surface area contributed by atoms with Crippen molar-refractivity contribution in [1.82, 2.24) is 5.32 Å². The lowest BCUT2D eigenvalue weighted by atomic mass is 9.99. The van der Waals surface area contributed by atoms with Crippen LogP contribution < -0.4 is 10.1 Å². The van der Waals surface area contributed by atoms with E-state index in [4.69, 9.17) is 9.47 Å². The Hall–Kier alpha value is -1.62. The molecule has 0 amide bonds. The Kier molecular flexibility index (Phi) is 5.30. The van der Waals surface area contributed by atoms with Crippen molar-refractivity contribution in [3.63, 3.8) is 0 Å². The minimum Gasteiger partial charge on any atom is -0.493 e. The Labute approximate surface area is 112 Å². The van der Waals surface area contributed by atoms with Gasteiger partial charge in [0.15, 0.2) is 0 Å². The second-order valence-electron chi connectivity index (χ2n) is 4.58. The van der Waals surface area contributed by atoms with Crippen LogP contribution in [0.4, 0.5) is 4.39 Å². The Bertz CT molecular complexity index is 450. The first-order chi connectivity index (χ1) is 8.92. The first-order valence-electron chi connectivity index (χ1n) is 6.09. The van der Waals surface area contributed by atoms with Gasteiger partial charge in [-0.25, -0.2) is 4.39 Å². The van der Waals surface area contributed by atoms with Crippen LogP contribution >= 0.6 is 0 Å². The third-order valence-electron chi connectivity index (χ3n) is 3.18. The molecule has 106 valence electrons. The molecule has 0 saturated carbocycles. The second-order valence-corrected chi connectivity index (χ2v) is 4.58. The van der Waals surface area contributed by atoms with E-state index in [0.29, 0.717) is 18.8 Å². The van der Waals surface area contributed by atoms with Gasteiger partial charge < -0.3 is 14.8 Å². The highest BCUT2D eigenvalue weighted by molar-refractivity contribution is 5.80. The molecular formula is C14H20FNO3. The molecule has 19 heavy (non-hydrogen) atoms. The molecule has 5 heteroatoms. The molecule has 0 radical (unpaired) electrons. The number of methoxy groups -OCH3 is 1. The largest absolute Gasteiger partial charge is 0.493 e. The molecule has 1 aromatic rings. The van der Waals surface area contributed by atoms with E-state index in [1.807, 2.05) is 0 Å². The maximum atomic E-state index is 12.9. The highest BCUT2D eigenvalue weighted by Crippen LogP contribution is 2.20. The number of hydrogen-bond donors (Lipinski definition) is 1. The zero-order chi connectivity index (χ0) is 14.5. The van der Waals surface area contributed by atoms with Crippen LogP contribution in [0.3, 0.4) is 0 Å². The van der Waals surface area contributed by atoms with Gasteiger partial charge in [0.05, 0.1) is 13.7 Å². The van der Waals surface area contributed by atoms with Crippen molar-refractivity contribution >= 4 is 5.97 Å². The third-order valence-corrected chi connectivity index (χ3v) is 3.18. The minimum atomic E-state index is -0.789. The molecule has 1 N–H and O–H groups in total. The van der Waals surface area contributed by atoms with Gasteiger partial charge in [0, 0.05) is 6.42 Å². The molecule has 0 fully saturated rings. The van der Waals surface area contributed by atoms with Crippen molar-refractivity contribution in [2.75, 3.05) is 20.8 Å². The highest BCUT2D eigenvalue weighted by Gasteiger charge is 2.32. The number of aryl methyl sites for hydroxylation is 1. The molecule has 0 heterocycles. The summed E-state index contributed by atoms with van der Waals surface area (Å²) < 4.78 is 23.2. The molecule has 0 aromatic heterocycles. The van der Waals surface area contributed by atoms with E-state index < -0.39 is 5.54 Å². The maximum Gasteiger partial charge on any atom is 0.325 e. The van der Waals surface area contributed by atoms with Gasteiger partial charge in [0.25, 0.3) is 0 Å². The number of nitrogens with one attached hydrogen (secondary N) is 1. The standard InChI is InChI=1S/C14H20FNO3/c1-10-9-11(15)5-6-12(10)19-8-7-14(2,16-3)13(17)18-4/h5-6,9,16H,7-8H2,1-4H3. The number of hydrogen-bond acceptors (Lipinski definition) is 4. The first-order valence-corrected chi connectivity index (χ1v) is 6.09. The van der Waals surface area contributed by atoms with E-state index in [1.165, 1.54) is 19.2 Å². The van der Waals surface area contributed by atoms with Gasteiger partial charge in [-0.2, -0.15) is 0 Å². The quantitative estimate of drug-likeness (QED) is 0.803. The molecule has 1 rings (SSSR count). The third kappa shape index (κ3) is 3.92. The van der Waals surface area contributed by atoms with Gasteiger partial charge in [-0.1, -0.05) is 0 Å². The summed E-state index contributed by atoms with van der Waals surface area (Å²) in [7, 11) is 3.04. The first kappa shape index (κ1) is 15.4. The van der Waals surface area contributed by atoms with Crippen LogP contribution in [0.15, 0.2) is 18.2 Å². The fourth-order valence-electron chi connectivity index (χ4n) is 1.69. The van der Waals surface area contributed by atoms with Crippen LogP contribution in [0.2, 0.25) is 0 Å². The van der Waals surface area contributed by atoms with Crippen LogP contribution in [-0.4, -0.2) is 32.3 Å². The number of rotatable bonds is 6. The number of benzene rings is 1. The van der Waals surface area contributed by atoms with E-state index in [1.54, 1.807) is 27.0 Å². The molecule has 0 aliphatic heterocycles. The van der Waals surface area contributed by atoms with Gasteiger partial charge >= 0.3 is 5.97 Å². The lowest BCUT2D eigenvalue weighted by Gasteiger charge is -2.26. The number of likely N-dealkylation sites (N-methyl/N-ethyl adjacent to an activating group) is 1. The van der Waals surface area contributed by atoms with Crippen molar-refractivity contribution in [3.05, 3.63) is 29.6 Å². The molecule has 0 aliphatic carbocycles. The van der Waals surface area contributed by atoms with Crippen molar-refractivity contribution in [2.45, 2.75) is 25.8 Å². The molecule has 0 spiro atoms. The SMILES string of the molecule is CNC(C)(CCOc1ccc(F)cc1C)C(=O)OC. The molecule has 0 aliphatic rings. The normalized spacial score (nSPS) is 13.7. The average molecular weight is 269 g/mol. The van der Waals surface area contributed by atoms with Gasteiger partial charge in [-0.15, -0.1) is 0 Å². The van der Waals surface area contributed by atoms with Crippen molar-refractivity contribution in [2.24, 2.45) is 0 Å². The van der Waals surface area contributed by atoms with Gasteiger partial charge in [-0.05, 0) is 44.7 Å². The summed E-state index contributed by atoms with van der Waals surface area (Å²) >= 11 is 0. The molecule has 0 bridgehead atoms. The zero-order valence-electron chi connectivity index (χ0n) is 11.7. The topological polar surface area (TPSA) is 47.6 Å². The molecule has 0 saturated heterocycles. The lowest BCUT2D eigenvalue weighted by molar-refractivity contribution is -0.148. The number of carbonyl (C=O) groups is 1. The number of ether oxygens (including phenoxy) is 2. The average Bonchev–Trinajstić information content (AvgIpc) is 2.40. The summed E-state index contributed by atoms with van der Waals surface area (Å²) in [6.45, 7) is 3.86. The van der Waals surface area contributed by atoms with E-state index in [-0.39, 0.29) is 11.8 Å². The van der Waals surface area contributed by atoms with Crippen LogP contribution in [0.1, 0.15) is 18.9 Å². The maximum absolute atomic E-state index is 12.9. The highest BCUT2D eigenvalue weighted by atomic mass is 19.1. The molecule has 1 aromatic carbocycles. The van der Waals surface area contributed by atoms with E-state index in [0.717, 1.165) is 5.56 Å². The molecular weight excluding hydrogens is 249 g/mol. The Balaban J connectivity index is 2.60. The summed E-state index contributed by atoms with van der Waals surface area (Å²) in [5.41, 5.74) is -0.0629. The molecule has 1 unspecified atom stereocenters.